The van der Waals surface area contributed by atoms with E-state index in [2.05, 4.69) is 27.4 Å². The fourth-order valence-electron chi connectivity index (χ4n) is 5.21. The Balaban J connectivity index is 1.89. The second kappa shape index (κ2) is 5.78. The van der Waals surface area contributed by atoms with E-state index in [-0.39, 0.29) is 10.8 Å². The molecule has 2 aliphatic carbocycles. The first kappa shape index (κ1) is 16.8. The summed E-state index contributed by atoms with van der Waals surface area (Å²) < 4.78 is 5.20. The predicted octanol–water partition coefficient (Wildman–Crippen LogP) is 3.95. The first-order valence-corrected chi connectivity index (χ1v) is 8.85. The average molecular weight is 318 g/mol. The molecular weight excluding hydrogens is 288 g/mol. The van der Waals surface area contributed by atoms with E-state index in [1.54, 1.807) is 6.26 Å². The fourth-order valence-corrected chi connectivity index (χ4v) is 5.21. The smallest absolute Gasteiger partial charge is 0.101 e. The largest absolute Gasteiger partial charge is 0.472 e. The van der Waals surface area contributed by atoms with Gasteiger partial charge in [-0.15, -0.1) is 0 Å². The minimum absolute atomic E-state index is 0.0731. The van der Waals surface area contributed by atoms with Crippen molar-refractivity contribution in [2.75, 3.05) is 0 Å². The maximum Gasteiger partial charge on any atom is 0.101 e. The lowest BCUT2D eigenvalue weighted by Crippen LogP contribution is -2.56. The van der Waals surface area contributed by atoms with Gasteiger partial charge in [0.05, 0.1) is 18.6 Å². The molecular formula is C20H30O3. The van der Waals surface area contributed by atoms with E-state index < -0.39 is 12.2 Å². The van der Waals surface area contributed by atoms with Crippen LogP contribution in [0.3, 0.4) is 0 Å². The van der Waals surface area contributed by atoms with E-state index >= 15 is 0 Å². The Morgan fingerprint density at radius 2 is 2.09 bits per heavy atom. The molecule has 2 fully saturated rings. The van der Waals surface area contributed by atoms with Crippen LogP contribution in [0.5, 0.6) is 0 Å². The lowest BCUT2D eigenvalue weighted by atomic mass is 9.45. The van der Waals surface area contributed by atoms with Gasteiger partial charge in [-0.2, -0.15) is 0 Å². The number of hydrogen-bond donors (Lipinski definition) is 2. The number of aryl methyl sites for hydroxylation is 1. The minimum atomic E-state index is -0.775. The van der Waals surface area contributed by atoms with Crippen LogP contribution in [0.1, 0.15) is 52.0 Å². The zero-order valence-corrected chi connectivity index (χ0v) is 14.6. The zero-order chi connectivity index (χ0) is 16.8. The summed E-state index contributed by atoms with van der Waals surface area (Å²) in [6.45, 7) is 11.1. The predicted molar refractivity (Wildman–Crippen MR) is 90.9 cm³/mol. The molecule has 0 amide bonds. The average Bonchev–Trinajstić information content (AvgIpc) is 3.04. The van der Waals surface area contributed by atoms with Crippen LogP contribution in [0.15, 0.2) is 35.2 Å². The summed E-state index contributed by atoms with van der Waals surface area (Å²) in [6.07, 6.45) is 7.05. The molecule has 0 spiro atoms. The third-order valence-electron chi connectivity index (χ3n) is 7.25. The highest BCUT2D eigenvalue weighted by Crippen LogP contribution is 2.62. The molecule has 0 bridgehead atoms. The highest BCUT2D eigenvalue weighted by molar-refractivity contribution is 5.25. The van der Waals surface area contributed by atoms with Crippen LogP contribution in [-0.2, 0) is 6.42 Å². The molecule has 2 aliphatic rings. The molecule has 3 rings (SSSR count). The van der Waals surface area contributed by atoms with E-state index in [1.807, 2.05) is 12.3 Å². The molecule has 1 heterocycles. The lowest BCUT2D eigenvalue weighted by molar-refractivity contribution is -0.115. The normalized spacial score (nSPS) is 44.1. The van der Waals surface area contributed by atoms with Crippen molar-refractivity contribution in [1.82, 2.24) is 0 Å². The van der Waals surface area contributed by atoms with Gasteiger partial charge in [-0.3, -0.25) is 0 Å². The fraction of sp³-hybridized carbons (Fsp3) is 0.700. The molecule has 128 valence electrons. The molecule has 3 nitrogen and oxygen atoms in total. The van der Waals surface area contributed by atoms with E-state index in [1.165, 1.54) is 5.56 Å². The van der Waals surface area contributed by atoms with Gasteiger partial charge in [-0.05, 0) is 72.0 Å². The first-order chi connectivity index (χ1) is 10.8. The topological polar surface area (TPSA) is 53.6 Å². The van der Waals surface area contributed by atoms with Gasteiger partial charge in [-0.1, -0.05) is 27.4 Å². The number of hydrogen-bond acceptors (Lipinski definition) is 3. The Morgan fingerprint density at radius 1 is 1.35 bits per heavy atom. The van der Waals surface area contributed by atoms with Crippen LogP contribution < -0.4 is 0 Å². The van der Waals surface area contributed by atoms with Crippen molar-refractivity contribution >= 4 is 0 Å². The van der Waals surface area contributed by atoms with Gasteiger partial charge in [0.2, 0.25) is 0 Å². The Hall–Kier alpha value is -1.06. The third-order valence-corrected chi connectivity index (χ3v) is 7.25. The van der Waals surface area contributed by atoms with Crippen molar-refractivity contribution in [3.05, 3.63) is 36.3 Å². The molecule has 23 heavy (non-hydrogen) atoms. The molecule has 0 unspecified atom stereocenters. The van der Waals surface area contributed by atoms with Crippen LogP contribution in [0.4, 0.5) is 0 Å². The summed E-state index contributed by atoms with van der Waals surface area (Å²) in [5, 5.41) is 20.7. The van der Waals surface area contributed by atoms with Crippen molar-refractivity contribution < 1.29 is 14.6 Å². The van der Waals surface area contributed by atoms with Gasteiger partial charge < -0.3 is 14.6 Å². The van der Waals surface area contributed by atoms with Crippen LogP contribution >= 0.6 is 0 Å². The molecule has 1 aromatic rings. The molecule has 0 saturated heterocycles. The number of aliphatic hydroxyl groups excluding tert-OH is 2. The first-order valence-electron chi connectivity index (χ1n) is 8.85. The van der Waals surface area contributed by atoms with Gasteiger partial charge >= 0.3 is 0 Å². The van der Waals surface area contributed by atoms with Gasteiger partial charge in [-0.25, -0.2) is 0 Å². The number of aliphatic hydroxyl groups is 2. The Morgan fingerprint density at radius 3 is 2.74 bits per heavy atom. The SMILES string of the molecule is C=C1[C@H](O)[C@H](O)C[C@@H]2[C@@](C)(CCc3ccoc3)[C@H](C)CC[C@@]12C. The monoisotopic (exact) mass is 318 g/mol. The van der Waals surface area contributed by atoms with Gasteiger partial charge in [0.1, 0.15) is 6.10 Å². The van der Waals surface area contributed by atoms with E-state index in [9.17, 15) is 10.2 Å². The van der Waals surface area contributed by atoms with Crippen molar-refractivity contribution in [2.24, 2.45) is 22.7 Å². The molecule has 2 saturated carbocycles. The van der Waals surface area contributed by atoms with Gasteiger partial charge in [0.25, 0.3) is 0 Å². The Kier molecular flexibility index (Phi) is 4.22. The molecule has 3 heteroatoms. The summed E-state index contributed by atoms with van der Waals surface area (Å²) in [7, 11) is 0. The number of furan rings is 1. The Bertz CT molecular complexity index is 563. The van der Waals surface area contributed by atoms with Gasteiger partial charge in [0.15, 0.2) is 0 Å². The van der Waals surface area contributed by atoms with Crippen molar-refractivity contribution in [3.63, 3.8) is 0 Å². The number of fused-ring (bicyclic) bond motifs is 1. The zero-order valence-electron chi connectivity index (χ0n) is 14.6. The second-order valence-electron chi connectivity index (χ2n) is 8.32. The third kappa shape index (κ3) is 2.58. The maximum absolute atomic E-state index is 10.3. The summed E-state index contributed by atoms with van der Waals surface area (Å²) in [4.78, 5) is 0. The summed E-state index contributed by atoms with van der Waals surface area (Å²) in [5.74, 6) is 0.958. The van der Waals surface area contributed by atoms with Crippen LogP contribution in [0.2, 0.25) is 0 Å². The molecule has 2 N–H and O–H groups in total. The highest BCUT2D eigenvalue weighted by Gasteiger charge is 2.57. The summed E-state index contributed by atoms with van der Waals surface area (Å²) >= 11 is 0. The van der Waals surface area contributed by atoms with E-state index in [0.29, 0.717) is 18.3 Å². The van der Waals surface area contributed by atoms with Crippen LogP contribution in [0.25, 0.3) is 0 Å². The lowest BCUT2D eigenvalue weighted by Gasteiger charge is -2.60. The molecule has 0 aliphatic heterocycles. The summed E-state index contributed by atoms with van der Waals surface area (Å²) in [5.41, 5.74) is 2.13. The van der Waals surface area contributed by atoms with Crippen LogP contribution in [0, 0.1) is 22.7 Å². The standard InChI is InChI=1S/C20H30O3/c1-13-5-8-20(4)14(2)18(22)16(21)11-17(20)19(13,3)9-6-15-7-10-23-12-15/h7,10,12-13,16-18,21-22H,2,5-6,8-9,11H2,1,3-4H3/t13-,16-,17-,18+,19+,20+/m1/s1. The Labute approximate surface area is 139 Å². The van der Waals surface area contributed by atoms with E-state index in [4.69, 9.17) is 4.42 Å². The van der Waals surface area contributed by atoms with Crippen LogP contribution in [-0.4, -0.2) is 22.4 Å². The molecule has 0 aromatic carbocycles. The van der Waals surface area contributed by atoms with Crippen molar-refractivity contribution in [1.29, 1.82) is 0 Å². The maximum atomic E-state index is 10.3. The van der Waals surface area contributed by atoms with Crippen molar-refractivity contribution in [2.45, 2.75) is 65.1 Å². The number of rotatable bonds is 3. The molecule has 0 radical (unpaired) electrons. The minimum Gasteiger partial charge on any atom is -0.472 e. The molecule has 1 aromatic heterocycles. The summed E-state index contributed by atoms with van der Waals surface area (Å²) in [6, 6.07) is 2.04. The second-order valence-corrected chi connectivity index (χ2v) is 8.32. The highest BCUT2D eigenvalue weighted by atomic mass is 16.3. The van der Waals surface area contributed by atoms with Crippen molar-refractivity contribution in [3.8, 4) is 0 Å². The quantitative estimate of drug-likeness (QED) is 0.830. The molecule has 6 atom stereocenters. The van der Waals surface area contributed by atoms with Gasteiger partial charge in [0, 0.05) is 0 Å². The van der Waals surface area contributed by atoms with E-state index in [0.717, 1.165) is 31.3 Å².